The fourth-order valence-electron chi connectivity index (χ4n) is 12.1. The summed E-state index contributed by atoms with van der Waals surface area (Å²) in [6.45, 7) is 4.96. The van der Waals surface area contributed by atoms with Gasteiger partial charge in [0.05, 0.1) is 25.4 Å². The molecule has 0 aliphatic carbocycles. The molecule has 0 saturated carbocycles. The first-order valence-electron chi connectivity index (χ1n) is 38.2. The maximum absolute atomic E-state index is 12.5. The molecule has 2 unspecified atom stereocenters. The van der Waals surface area contributed by atoms with E-state index in [1.54, 1.807) is 0 Å². The van der Waals surface area contributed by atoms with Gasteiger partial charge in [0.1, 0.15) is 0 Å². The van der Waals surface area contributed by atoms with Crippen LogP contribution in [-0.2, 0) is 14.3 Å². The number of allylic oxidation sites excluding steroid dienone is 6. The van der Waals surface area contributed by atoms with Crippen LogP contribution in [0.2, 0.25) is 0 Å². The van der Waals surface area contributed by atoms with Gasteiger partial charge in [0.15, 0.2) is 0 Å². The summed E-state index contributed by atoms with van der Waals surface area (Å²) in [5.74, 6) is -0.0210. The van der Waals surface area contributed by atoms with E-state index in [4.69, 9.17) is 4.74 Å². The van der Waals surface area contributed by atoms with E-state index in [1.165, 1.54) is 340 Å². The maximum atomic E-state index is 12.5. The van der Waals surface area contributed by atoms with Crippen LogP contribution in [-0.4, -0.2) is 47.4 Å². The Morgan fingerprint density at radius 2 is 0.595 bits per heavy atom. The highest BCUT2D eigenvalue weighted by Gasteiger charge is 2.20. The first-order valence-corrected chi connectivity index (χ1v) is 38.2. The maximum Gasteiger partial charge on any atom is 0.305 e. The smallest absolute Gasteiger partial charge is 0.305 e. The fraction of sp³-hybridized carbons (Fsp3) is 0.897. The molecule has 0 heterocycles. The number of unbranched alkanes of at least 4 members (excludes halogenated alkanes) is 55. The molecule has 0 aliphatic rings. The minimum atomic E-state index is -0.662. The number of carbonyl (C=O) groups excluding carboxylic acids is 2. The zero-order chi connectivity index (χ0) is 60.6. The van der Waals surface area contributed by atoms with Gasteiger partial charge in [0.25, 0.3) is 0 Å². The van der Waals surface area contributed by atoms with Crippen LogP contribution >= 0.6 is 0 Å². The highest BCUT2D eigenvalue weighted by molar-refractivity contribution is 5.76. The molecular formula is C78H149NO5. The second-order valence-electron chi connectivity index (χ2n) is 26.3. The molecule has 2 atom stereocenters. The lowest BCUT2D eigenvalue weighted by atomic mass is 10.0. The SMILES string of the molecule is CCCCC/C=C\C/C=C\CCCCCCCC(=O)OCCCCCCCCCCCCCCCC/C=C\CCCCCCCCCCCCCCCCCCCC(=O)NC(CO)C(O)CCCCCCCCCCCCCCCCCCC. The van der Waals surface area contributed by atoms with Crippen LogP contribution in [0.5, 0.6) is 0 Å². The van der Waals surface area contributed by atoms with E-state index >= 15 is 0 Å². The van der Waals surface area contributed by atoms with Crippen LogP contribution in [0.15, 0.2) is 36.5 Å². The normalized spacial score (nSPS) is 12.7. The Kier molecular flexibility index (Phi) is 71.9. The van der Waals surface area contributed by atoms with Crippen molar-refractivity contribution in [2.24, 2.45) is 0 Å². The van der Waals surface area contributed by atoms with Crippen LogP contribution in [0.4, 0.5) is 0 Å². The molecule has 3 N–H and O–H groups in total. The highest BCUT2D eigenvalue weighted by atomic mass is 16.5. The third kappa shape index (κ3) is 69.2. The molecule has 6 nitrogen and oxygen atoms in total. The number of hydrogen-bond acceptors (Lipinski definition) is 5. The second kappa shape index (κ2) is 73.5. The van der Waals surface area contributed by atoms with Gasteiger partial charge in [-0.25, -0.2) is 0 Å². The minimum absolute atomic E-state index is 0.00665. The van der Waals surface area contributed by atoms with Crippen molar-refractivity contribution in [1.82, 2.24) is 5.32 Å². The summed E-state index contributed by atoms with van der Waals surface area (Å²) in [5, 5.41) is 23.4. The molecule has 0 radical (unpaired) electrons. The van der Waals surface area contributed by atoms with Crippen molar-refractivity contribution < 1.29 is 24.5 Å². The largest absolute Gasteiger partial charge is 0.466 e. The van der Waals surface area contributed by atoms with Crippen molar-refractivity contribution in [1.29, 1.82) is 0 Å². The number of esters is 1. The van der Waals surface area contributed by atoms with E-state index in [-0.39, 0.29) is 18.5 Å². The molecule has 0 saturated heterocycles. The summed E-state index contributed by atoms with van der Waals surface area (Å²) in [7, 11) is 0. The van der Waals surface area contributed by atoms with Crippen LogP contribution in [0.3, 0.4) is 0 Å². The second-order valence-corrected chi connectivity index (χ2v) is 26.3. The zero-order valence-corrected chi connectivity index (χ0v) is 56.9. The van der Waals surface area contributed by atoms with Crippen LogP contribution in [0.1, 0.15) is 425 Å². The van der Waals surface area contributed by atoms with Gasteiger partial charge in [0.2, 0.25) is 5.91 Å². The molecule has 6 heteroatoms. The molecule has 0 aromatic carbocycles. The van der Waals surface area contributed by atoms with Gasteiger partial charge in [-0.2, -0.15) is 0 Å². The van der Waals surface area contributed by atoms with Crippen molar-refractivity contribution in [3.8, 4) is 0 Å². The number of rotatable bonds is 72. The van der Waals surface area contributed by atoms with Gasteiger partial charge >= 0.3 is 5.97 Å². The average Bonchev–Trinajstić information content (AvgIpc) is 3.51. The van der Waals surface area contributed by atoms with Gasteiger partial charge in [0, 0.05) is 12.8 Å². The number of aliphatic hydroxyl groups is 2. The van der Waals surface area contributed by atoms with E-state index in [0.29, 0.717) is 25.9 Å². The van der Waals surface area contributed by atoms with E-state index < -0.39 is 12.1 Å². The van der Waals surface area contributed by atoms with Gasteiger partial charge in [-0.1, -0.05) is 365 Å². The number of amides is 1. The number of hydrogen-bond donors (Lipinski definition) is 3. The monoisotopic (exact) mass is 1180 g/mol. The van der Waals surface area contributed by atoms with E-state index in [2.05, 4.69) is 55.6 Å². The Morgan fingerprint density at radius 3 is 0.940 bits per heavy atom. The van der Waals surface area contributed by atoms with Gasteiger partial charge in [-0.3, -0.25) is 9.59 Å². The van der Waals surface area contributed by atoms with Gasteiger partial charge in [-0.15, -0.1) is 0 Å². The lowest BCUT2D eigenvalue weighted by molar-refractivity contribution is -0.143. The van der Waals surface area contributed by atoms with Crippen molar-refractivity contribution >= 4 is 11.9 Å². The molecule has 0 bridgehead atoms. The van der Waals surface area contributed by atoms with Gasteiger partial charge in [-0.05, 0) is 83.5 Å². The van der Waals surface area contributed by atoms with Crippen LogP contribution in [0.25, 0.3) is 0 Å². The van der Waals surface area contributed by atoms with Crippen molar-refractivity contribution in [3.05, 3.63) is 36.5 Å². The summed E-state index contributed by atoms with van der Waals surface area (Å²) < 4.78 is 5.49. The van der Waals surface area contributed by atoms with Crippen molar-refractivity contribution in [3.63, 3.8) is 0 Å². The number of nitrogens with one attached hydrogen (secondary N) is 1. The molecule has 0 aliphatic heterocycles. The van der Waals surface area contributed by atoms with Gasteiger partial charge < -0.3 is 20.3 Å². The summed E-state index contributed by atoms with van der Waals surface area (Å²) in [6, 6.07) is -0.539. The Bertz CT molecular complexity index is 1360. The van der Waals surface area contributed by atoms with Crippen molar-refractivity contribution in [2.45, 2.75) is 437 Å². The lowest BCUT2D eigenvalue weighted by Crippen LogP contribution is -2.45. The Morgan fingerprint density at radius 1 is 0.333 bits per heavy atom. The van der Waals surface area contributed by atoms with E-state index in [0.717, 1.165) is 51.4 Å². The number of carbonyl (C=O) groups is 2. The highest BCUT2D eigenvalue weighted by Crippen LogP contribution is 2.19. The standard InChI is InChI=1S/C78H149NO5/c1-3-5-7-9-11-13-15-17-19-39-43-46-50-54-58-62-66-70-76(81)75(74-80)79-77(82)71-67-63-59-55-51-47-44-40-37-35-33-31-29-27-25-23-21-20-22-24-26-28-30-32-34-36-38-41-45-49-53-57-61-65-69-73-84-78(83)72-68-64-60-56-52-48-42-18-16-14-12-10-8-6-4-2/h12,14,18,22,24,42,75-76,80-81H,3-11,13,15-17,19-21,23,25-41,43-74H2,1-2H3,(H,79,82)/b14-12-,24-22-,42-18-. The molecule has 496 valence electrons. The predicted octanol–water partition coefficient (Wildman–Crippen LogP) is 25.0. The molecule has 0 aromatic heterocycles. The Hall–Kier alpha value is -1.92. The first-order chi connectivity index (χ1) is 41.5. The summed E-state index contributed by atoms with van der Waals surface area (Å²) >= 11 is 0. The number of aliphatic hydroxyl groups excluding tert-OH is 2. The van der Waals surface area contributed by atoms with Crippen LogP contribution in [0, 0.1) is 0 Å². The third-order valence-electron chi connectivity index (χ3n) is 17.9. The fourth-order valence-corrected chi connectivity index (χ4v) is 12.1. The lowest BCUT2D eigenvalue weighted by Gasteiger charge is -2.22. The molecule has 84 heavy (non-hydrogen) atoms. The average molecular weight is 1180 g/mol. The van der Waals surface area contributed by atoms with E-state index in [1.807, 2.05) is 0 Å². The quantitative estimate of drug-likeness (QED) is 0.0320. The summed E-state index contributed by atoms with van der Waals surface area (Å²) in [4.78, 5) is 24.6. The molecule has 0 spiro atoms. The third-order valence-corrected chi connectivity index (χ3v) is 17.9. The first kappa shape index (κ1) is 82.1. The summed E-state index contributed by atoms with van der Waals surface area (Å²) in [5.41, 5.74) is 0. The molecule has 0 aromatic rings. The van der Waals surface area contributed by atoms with Crippen molar-refractivity contribution in [2.75, 3.05) is 13.2 Å². The molecular weight excluding hydrogens is 1030 g/mol. The zero-order valence-electron chi connectivity index (χ0n) is 56.9. The van der Waals surface area contributed by atoms with Crippen LogP contribution < -0.4 is 5.32 Å². The Labute approximate surface area is 525 Å². The molecule has 0 rings (SSSR count). The Balaban J connectivity index is 3.34. The number of ether oxygens (including phenoxy) is 1. The predicted molar refractivity (Wildman–Crippen MR) is 370 cm³/mol. The topological polar surface area (TPSA) is 95.9 Å². The molecule has 0 fully saturated rings. The summed E-state index contributed by atoms with van der Waals surface area (Å²) in [6.07, 6.45) is 95.1. The van der Waals surface area contributed by atoms with E-state index in [9.17, 15) is 19.8 Å². The molecule has 1 amide bonds. The minimum Gasteiger partial charge on any atom is -0.466 e.